The Morgan fingerprint density at radius 3 is 2.16 bits per heavy atom. The van der Waals surface area contributed by atoms with Crippen molar-refractivity contribution >= 4 is 23.1 Å². The number of carbonyl (C=O) groups excluding carboxylic acids is 1. The van der Waals surface area contributed by atoms with E-state index in [-0.39, 0.29) is 5.91 Å². The van der Waals surface area contributed by atoms with Crippen molar-refractivity contribution in [3.63, 3.8) is 0 Å². The fourth-order valence-electron chi connectivity index (χ4n) is 3.18. The molecule has 0 saturated heterocycles. The van der Waals surface area contributed by atoms with Gasteiger partial charge in [-0.15, -0.1) is 0 Å². The molecule has 1 aromatic heterocycles. The summed E-state index contributed by atoms with van der Waals surface area (Å²) < 4.78 is 0. The summed E-state index contributed by atoms with van der Waals surface area (Å²) in [6, 6.07) is 23.3. The molecule has 4 rings (SSSR count). The molecule has 4 aromatic rings. The second kappa shape index (κ2) is 8.79. The zero-order valence-electron chi connectivity index (χ0n) is 17.8. The lowest BCUT2D eigenvalue weighted by Crippen LogP contribution is -2.12. The Hall–Kier alpha value is -3.99. The number of nitrogens with one attached hydrogen (secondary N) is 2. The Morgan fingerprint density at radius 2 is 1.45 bits per heavy atom. The van der Waals surface area contributed by atoms with Crippen molar-refractivity contribution in [1.82, 2.24) is 9.97 Å². The van der Waals surface area contributed by atoms with E-state index in [0.717, 1.165) is 28.2 Å². The maximum absolute atomic E-state index is 12.6. The van der Waals surface area contributed by atoms with E-state index >= 15 is 0 Å². The van der Waals surface area contributed by atoms with Gasteiger partial charge in [0.1, 0.15) is 12.1 Å². The summed E-state index contributed by atoms with van der Waals surface area (Å²) in [6.45, 7) is 6.14. The molecule has 0 spiro atoms. The van der Waals surface area contributed by atoms with Gasteiger partial charge < -0.3 is 10.6 Å². The number of hydrogen-bond acceptors (Lipinski definition) is 4. The zero-order chi connectivity index (χ0) is 21.8. The highest BCUT2D eigenvalue weighted by molar-refractivity contribution is 6.04. The van der Waals surface area contributed by atoms with E-state index in [0.29, 0.717) is 11.4 Å². The van der Waals surface area contributed by atoms with Crippen LogP contribution in [0.25, 0.3) is 11.3 Å². The van der Waals surface area contributed by atoms with Crippen molar-refractivity contribution < 1.29 is 4.79 Å². The van der Waals surface area contributed by atoms with E-state index in [1.807, 2.05) is 62.4 Å². The van der Waals surface area contributed by atoms with Crippen molar-refractivity contribution in [2.75, 3.05) is 10.6 Å². The number of aromatic nitrogens is 2. The van der Waals surface area contributed by atoms with Crippen molar-refractivity contribution in [2.45, 2.75) is 20.8 Å². The molecule has 0 bridgehead atoms. The van der Waals surface area contributed by atoms with Crippen LogP contribution in [0.1, 0.15) is 27.0 Å². The highest BCUT2D eigenvalue weighted by Crippen LogP contribution is 2.22. The fraction of sp³-hybridized carbons (Fsp3) is 0.115. The first-order valence-electron chi connectivity index (χ1n) is 10.1. The van der Waals surface area contributed by atoms with E-state index in [1.54, 1.807) is 18.5 Å². The molecule has 0 unspecified atom stereocenters. The number of anilines is 3. The standard InChI is InChI=1S/C26H24N4O/c1-17-4-7-20(8-5-17)24-15-25(28-16-27-24)29-22-12-9-21(10-13-22)26(31)30-23-11-6-18(2)19(3)14-23/h4-16H,1-3H3,(H,30,31)(H,27,28,29). The van der Waals surface area contributed by atoms with Crippen LogP contribution in [0, 0.1) is 20.8 Å². The van der Waals surface area contributed by atoms with Gasteiger partial charge in [-0.3, -0.25) is 4.79 Å². The second-order valence-corrected chi connectivity index (χ2v) is 7.61. The number of rotatable bonds is 5. The predicted molar refractivity (Wildman–Crippen MR) is 126 cm³/mol. The SMILES string of the molecule is Cc1ccc(-c2cc(Nc3ccc(C(=O)Nc4ccc(C)c(C)c4)cc3)ncn2)cc1. The normalized spacial score (nSPS) is 10.5. The number of hydrogen-bond donors (Lipinski definition) is 2. The second-order valence-electron chi connectivity index (χ2n) is 7.61. The Labute approximate surface area is 182 Å². The van der Waals surface area contributed by atoms with Gasteiger partial charge >= 0.3 is 0 Å². The highest BCUT2D eigenvalue weighted by atomic mass is 16.1. The molecule has 0 aliphatic carbocycles. The zero-order valence-corrected chi connectivity index (χ0v) is 17.8. The van der Waals surface area contributed by atoms with Gasteiger partial charge in [-0.1, -0.05) is 35.9 Å². The van der Waals surface area contributed by atoms with Crippen molar-refractivity contribution in [3.05, 3.63) is 101 Å². The first-order valence-corrected chi connectivity index (χ1v) is 10.1. The third-order valence-electron chi connectivity index (χ3n) is 5.20. The summed E-state index contributed by atoms with van der Waals surface area (Å²) in [5.41, 5.74) is 7.66. The molecular weight excluding hydrogens is 384 g/mol. The first-order chi connectivity index (χ1) is 15.0. The van der Waals surface area contributed by atoms with E-state index in [9.17, 15) is 4.79 Å². The first kappa shape index (κ1) is 20.3. The molecule has 0 atom stereocenters. The molecule has 1 amide bonds. The van der Waals surface area contributed by atoms with Gasteiger partial charge in [-0.25, -0.2) is 9.97 Å². The molecule has 0 aliphatic rings. The monoisotopic (exact) mass is 408 g/mol. The minimum Gasteiger partial charge on any atom is -0.340 e. The molecule has 0 saturated carbocycles. The summed E-state index contributed by atoms with van der Waals surface area (Å²) in [5.74, 6) is 0.552. The van der Waals surface area contributed by atoms with Crippen LogP contribution in [-0.2, 0) is 0 Å². The van der Waals surface area contributed by atoms with Gasteiger partial charge in [0.2, 0.25) is 0 Å². The van der Waals surface area contributed by atoms with E-state index in [1.165, 1.54) is 11.1 Å². The molecule has 1 heterocycles. The summed E-state index contributed by atoms with van der Waals surface area (Å²) in [5, 5.41) is 6.22. The lowest BCUT2D eigenvalue weighted by Gasteiger charge is -2.10. The Bertz CT molecular complexity index is 1220. The highest BCUT2D eigenvalue weighted by Gasteiger charge is 2.08. The van der Waals surface area contributed by atoms with Gasteiger partial charge in [0.05, 0.1) is 5.69 Å². The molecule has 0 radical (unpaired) electrons. The van der Waals surface area contributed by atoms with E-state index in [2.05, 4.69) is 39.7 Å². The Balaban J connectivity index is 1.45. The number of nitrogens with zero attached hydrogens (tertiary/aromatic N) is 2. The van der Waals surface area contributed by atoms with Crippen molar-refractivity contribution in [3.8, 4) is 11.3 Å². The minimum atomic E-state index is -0.140. The molecule has 5 nitrogen and oxygen atoms in total. The average Bonchev–Trinajstić information content (AvgIpc) is 2.77. The van der Waals surface area contributed by atoms with Gasteiger partial charge in [0.15, 0.2) is 0 Å². The predicted octanol–water partition coefficient (Wildman–Crippen LogP) is 6.06. The van der Waals surface area contributed by atoms with Gasteiger partial charge in [0, 0.05) is 28.6 Å². The van der Waals surface area contributed by atoms with Crippen LogP contribution in [0.4, 0.5) is 17.2 Å². The third kappa shape index (κ3) is 4.95. The average molecular weight is 409 g/mol. The molecule has 0 aliphatic heterocycles. The van der Waals surface area contributed by atoms with Gasteiger partial charge in [-0.05, 0) is 68.3 Å². The van der Waals surface area contributed by atoms with E-state index in [4.69, 9.17) is 0 Å². The molecule has 154 valence electrons. The largest absolute Gasteiger partial charge is 0.340 e. The van der Waals surface area contributed by atoms with Crippen molar-refractivity contribution in [1.29, 1.82) is 0 Å². The summed E-state index contributed by atoms with van der Waals surface area (Å²) >= 11 is 0. The summed E-state index contributed by atoms with van der Waals surface area (Å²) in [4.78, 5) is 21.2. The van der Waals surface area contributed by atoms with Crippen LogP contribution >= 0.6 is 0 Å². The topological polar surface area (TPSA) is 66.9 Å². The molecular formula is C26H24N4O. The maximum atomic E-state index is 12.6. The smallest absolute Gasteiger partial charge is 0.255 e. The van der Waals surface area contributed by atoms with Crippen LogP contribution in [0.2, 0.25) is 0 Å². The van der Waals surface area contributed by atoms with Crippen molar-refractivity contribution in [2.24, 2.45) is 0 Å². The van der Waals surface area contributed by atoms with E-state index < -0.39 is 0 Å². The molecule has 0 fully saturated rings. The van der Waals surface area contributed by atoms with Gasteiger partial charge in [0.25, 0.3) is 5.91 Å². The third-order valence-corrected chi connectivity index (χ3v) is 5.20. The summed E-state index contributed by atoms with van der Waals surface area (Å²) in [7, 11) is 0. The fourth-order valence-corrected chi connectivity index (χ4v) is 3.18. The lowest BCUT2D eigenvalue weighted by molar-refractivity contribution is 0.102. The Morgan fingerprint density at radius 1 is 0.742 bits per heavy atom. The minimum absolute atomic E-state index is 0.140. The Kier molecular flexibility index (Phi) is 5.76. The number of carbonyl (C=O) groups is 1. The van der Waals surface area contributed by atoms with Crippen LogP contribution in [0.5, 0.6) is 0 Å². The van der Waals surface area contributed by atoms with Crippen LogP contribution in [-0.4, -0.2) is 15.9 Å². The molecule has 5 heteroatoms. The van der Waals surface area contributed by atoms with Crippen LogP contribution in [0.15, 0.2) is 79.1 Å². The van der Waals surface area contributed by atoms with Crippen LogP contribution < -0.4 is 10.6 Å². The lowest BCUT2D eigenvalue weighted by atomic mass is 10.1. The van der Waals surface area contributed by atoms with Crippen LogP contribution in [0.3, 0.4) is 0 Å². The van der Waals surface area contributed by atoms with Gasteiger partial charge in [-0.2, -0.15) is 0 Å². The number of aryl methyl sites for hydroxylation is 3. The summed E-state index contributed by atoms with van der Waals surface area (Å²) in [6.07, 6.45) is 1.54. The quantitative estimate of drug-likeness (QED) is 0.421. The number of benzene rings is 3. The maximum Gasteiger partial charge on any atom is 0.255 e. The molecule has 2 N–H and O–H groups in total. The number of amides is 1. The molecule has 31 heavy (non-hydrogen) atoms. The molecule has 3 aromatic carbocycles.